The van der Waals surface area contributed by atoms with Crippen LogP contribution in [0.1, 0.15) is 148 Å². The maximum absolute atomic E-state index is 12.9. The van der Waals surface area contributed by atoms with E-state index < -0.39 is 30.0 Å². The van der Waals surface area contributed by atoms with Crippen LogP contribution in [0.3, 0.4) is 0 Å². The highest BCUT2D eigenvalue weighted by Crippen LogP contribution is 2.23. The van der Waals surface area contributed by atoms with Gasteiger partial charge in [0.15, 0.2) is 0 Å². The number of amides is 2. The molecule has 2 atom stereocenters. The van der Waals surface area contributed by atoms with E-state index in [0.29, 0.717) is 71.1 Å². The Morgan fingerprint density at radius 3 is 1.30 bits per heavy atom. The Labute approximate surface area is 330 Å². The summed E-state index contributed by atoms with van der Waals surface area (Å²) >= 11 is 0. The highest BCUT2D eigenvalue weighted by atomic mass is 16.6. The van der Waals surface area contributed by atoms with Crippen LogP contribution >= 0.6 is 0 Å². The van der Waals surface area contributed by atoms with Gasteiger partial charge in [-0.15, -0.1) is 0 Å². The number of aliphatic carboxylic acids is 1. The molecule has 0 aromatic heterocycles. The summed E-state index contributed by atoms with van der Waals surface area (Å²) in [5.41, 5.74) is 0. The van der Waals surface area contributed by atoms with Gasteiger partial charge in [0, 0.05) is 25.9 Å². The van der Waals surface area contributed by atoms with Gasteiger partial charge in [0.25, 0.3) is 6.47 Å². The van der Waals surface area contributed by atoms with E-state index in [0.717, 1.165) is 77.0 Å². The Morgan fingerprint density at radius 2 is 0.875 bits per heavy atom. The first-order chi connectivity index (χ1) is 27.1. The lowest BCUT2D eigenvalue weighted by atomic mass is 10.1. The van der Waals surface area contributed by atoms with Gasteiger partial charge in [-0.05, 0) is 89.9 Å². The molecular weight excluding hydrogens is 732 g/mol. The predicted molar refractivity (Wildman–Crippen MR) is 201 cm³/mol. The fourth-order valence-corrected chi connectivity index (χ4v) is 6.74. The topological polar surface area (TPSA) is 209 Å². The molecule has 0 spiro atoms. The quantitative estimate of drug-likeness (QED) is 0.0419. The Balaban J connectivity index is 1.47. The van der Waals surface area contributed by atoms with E-state index in [1.165, 1.54) is 0 Å². The van der Waals surface area contributed by atoms with Crippen LogP contribution in [0.5, 0.6) is 0 Å². The summed E-state index contributed by atoms with van der Waals surface area (Å²) < 4.78 is 25.4. The van der Waals surface area contributed by atoms with Crippen molar-refractivity contribution >= 4 is 48.1 Å². The molecule has 0 radical (unpaired) electrons. The number of carbonyl (C=O) groups excluding carboxylic acids is 7. The van der Waals surface area contributed by atoms with Gasteiger partial charge in [-0.25, -0.2) is 9.59 Å². The number of likely N-dealkylation sites (tertiary alicyclic amines) is 2. The van der Waals surface area contributed by atoms with Gasteiger partial charge in [0.1, 0.15) is 18.7 Å². The third kappa shape index (κ3) is 21.2. The largest absolute Gasteiger partial charge is 0.481 e. The lowest BCUT2D eigenvalue weighted by Crippen LogP contribution is -2.41. The molecule has 2 aliphatic heterocycles. The zero-order chi connectivity index (χ0) is 40.8. The van der Waals surface area contributed by atoms with E-state index in [4.69, 9.17) is 24.1 Å². The summed E-state index contributed by atoms with van der Waals surface area (Å²) in [4.78, 5) is 97.9. The molecule has 2 saturated heterocycles. The highest BCUT2D eigenvalue weighted by Gasteiger charge is 2.36. The summed E-state index contributed by atoms with van der Waals surface area (Å²) in [6, 6.07) is -1.06. The third-order valence-corrected chi connectivity index (χ3v) is 9.85. The molecule has 2 heterocycles. The number of hydrogen-bond donors (Lipinski definition) is 1. The molecule has 2 unspecified atom stereocenters. The van der Waals surface area contributed by atoms with Crippen molar-refractivity contribution in [1.82, 2.24) is 9.80 Å². The monoisotopic (exact) mass is 796 g/mol. The van der Waals surface area contributed by atoms with Crippen molar-refractivity contribution < 1.29 is 67.1 Å². The van der Waals surface area contributed by atoms with Crippen LogP contribution in [0.4, 0.5) is 0 Å². The minimum Gasteiger partial charge on any atom is -0.481 e. The number of rotatable bonds is 32. The number of esters is 4. The molecule has 318 valence electrons. The van der Waals surface area contributed by atoms with E-state index in [1.54, 1.807) is 9.80 Å². The molecule has 0 bridgehead atoms. The standard InChI is InChI=1S/C40H64N2O14/c43-31-52-30-23-38(49)54-27-12-6-8-14-29-56-40(51)33-18-16-25-42(33)35(45)20-10-4-2-1-3-9-19-34(44)41-24-15-17-32(41)39(50)55-28-13-7-5-11-26-53-37(48)22-21-36(46)47/h31-33H,1-30H2,(H,46,47). The van der Waals surface area contributed by atoms with Gasteiger partial charge in [-0.3, -0.25) is 28.8 Å². The lowest BCUT2D eigenvalue weighted by molar-refractivity contribution is -0.153. The van der Waals surface area contributed by atoms with E-state index in [-0.39, 0.29) is 75.9 Å². The third-order valence-electron chi connectivity index (χ3n) is 9.85. The Morgan fingerprint density at radius 1 is 0.482 bits per heavy atom. The summed E-state index contributed by atoms with van der Waals surface area (Å²) in [6.45, 7) is 2.48. The Hall–Kier alpha value is -4.24. The minimum atomic E-state index is -1.04. The molecular formula is C40H64N2O14. The van der Waals surface area contributed by atoms with Gasteiger partial charge in [-0.2, -0.15) is 0 Å². The summed E-state index contributed by atoms with van der Waals surface area (Å²) in [6.07, 6.45) is 14.2. The van der Waals surface area contributed by atoms with Crippen molar-refractivity contribution in [1.29, 1.82) is 0 Å². The lowest BCUT2D eigenvalue weighted by Gasteiger charge is -2.23. The number of carboxylic acids is 1. The zero-order valence-corrected chi connectivity index (χ0v) is 33.1. The van der Waals surface area contributed by atoms with Crippen LogP contribution < -0.4 is 0 Å². The number of hydrogen-bond acceptors (Lipinski definition) is 13. The van der Waals surface area contributed by atoms with Crippen LogP contribution in [-0.2, 0) is 62.0 Å². The van der Waals surface area contributed by atoms with E-state index in [2.05, 4.69) is 4.74 Å². The molecule has 0 aliphatic carbocycles. The molecule has 0 saturated carbocycles. The number of nitrogens with zero attached hydrogens (tertiary/aromatic N) is 2. The summed E-state index contributed by atoms with van der Waals surface area (Å²) in [5.74, 6) is -2.73. The maximum atomic E-state index is 12.9. The molecule has 16 heteroatoms. The molecule has 1 N–H and O–H groups in total. The molecule has 16 nitrogen and oxygen atoms in total. The van der Waals surface area contributed by atoms with E-state index in [9.17, 15) is 38.4 Å². The number of ether oxygens (including phenoxy) is 5. The highest BCUT2D eigenvalue weighted by molar-refractivity contribution is 5.86. The molecule has 0 aromatic rings. The average molecular weight is 797 g/mol. The van der Waals surface area contributed by atoms with Gasteiger partial charge < -0.3 is 38.6 Å². The van der Waals surface area contributed by atoms with Crippen LogP contribution in [-0.4, -0.2) is 121 Å². The fourth-order valence-electron chi connectivity index (χ4n) is 6.74. The fraction of sp³-hybridized carbons (Fsp3) is 0.800. The maximum Gasteiger partial charge on any atom is 0.328 e. The normalized spacial score (nSPS) is 16.3. The van der Waals surface area contributed by atoms with Gasteiger partial charge >= 0.3 is 29.8 Å². The second kappa shape index (κ2) is 30.0. The second-order valence-corrected chi connectivity index (χ2v) is 14.3. The Kier molecular flexibility index (Phi) is 25.6. The van der Waals surface area contributed by atoms with E-state index >= 15 is 0 Å². The van der Waals surface area contributed by atoms with Gasteiger partial charge in [-0.1, -0.05) is 25.7 Å². The first kappa shape index (κ1) is 47.9. The minimum absolute atomic E-state index is 0.00783. The van der Waals surface area contributed by atoms with Crippen molar-refractivity contribution in [2.45, 2.75) is 160 Å². The average Bonchev–Trinajstić information content (AvgIpc) is 3.88. The molecule has 2 aliphatic rings. The SMILES string of the molecule is O=COCCC(=O)OCCCCCCOC(=O)C1CCCN1C(=O)CCCCCCCCC(=O)N1CCCC1C(=O)OCCCCCCOC(=O)CCC(=O)O. The molecule has 2 amide bonds. The predicted octanol–water partition coefficient (Wildman–Crippen LogP) is 4.81. The molecule has 2 fully saturated rings. The summed E-state index contributed by atoms with van der Waals surface area (Å²) in [7, 11) is 0. The molecule has 0 aromatic carbocycles. The molecule has 2 rings (SSSR count). The van der Waals surface area contributed by atoms with Crippen molar-refractivity contribution in [2.75, 3.05) is 46.1 Å². The first-order valence-corrected chi connectivity index (χ1v) is 20.6. The van der Waals surface area contributed by atoms with Gasteiger partial charge in [0.05, 0.1) is 45.7 Å². The number of carboxylic acid groups (broad SMARTS) is 1. The smallest absolute Gasteiger partial charge is 0.328 e. The number of carbonyl (C=O) groups is 8. The van der Waals surface area contributed by atoms with Crippen molar-refractivity contribution in [2.24, 2.45) is 0 Å². The van der Waals surface area contributed by atoms with Crippen LogP contribution in [0.2, 0.25) is 0 Å². The zero-order valence-electron chi connectivity index (χ0n) is 33.1. The van der Waals surface area contributed by atoms with Gasteiger partial charge in [0.2, 0.25) is 11.8 Å². The van der Waals surface area contributed by atoms with Crippen LogP contribution in [0, 0.1) is 0 Å². The Bertz CT molecular complexity index is 1230. The van der Waals surface area contributed by atoms with Crippen molar-refractivity contribution in [3.8, 4) is 0 Å². The first-order valence-electron chi connectivity index (χ1n) is 20.6. The van der Waals surface area contributed by atoms with E-state index in [1.807, 2.05) is 0 Å². The van der Waals surface area contributed by atoms with Crippen LogP contribution in [0.25, 0.3) is 0 Å². The second-order valence-electron chi connectivity index (χ2n) is 14.3. The van der Waals surface area contributed by atoms with Crippen LogP contribution in [0.15, 0.2) is 0 Å². The van der Waals surface area contributed by atoms with Crippen molar-refractivity contribution in [3.05, 3.63) is 0 Å². The summed E-state index contributed by atoms with van der Waals surface area (Å²) in [5, 5.41) is 8.59. The molecule has 56 heavy (non-hydrogen) atoms. The van der Waals surface area contributed by atoms with Crippen molar-refractivity contribution in [3.63, 3.8) is 0 Å². The number of unbranched alkanes of at least 4 members (excludes halogenated alkanes) is 11.